The summed E-state index contributed by atoms with van der Waals surface area (Å²) in [5, 5.41) is 7.43. The zero-order valence-electron chi connectivity index (χ0n) is 15.7. The number of rotatable bonds is 5. The van der Waals surface area contributed by atoms with E-state index in [4.69, 9.17) is 4.74 Å². The number of aromatic nitrogens is 1. The van der Waals surface area contributed by atoms with Crippen LogP contribution in [0.4, 0.5) is 5.13 Å². The number of thiazole rings is 1. The number of carbonyl (C=O) groups is 1. The molecule has 0 fully saturated rings. The van der Waals surface area contributed by atoms with Crippen molar-refractivity contribution in [2.45, 2.75) is 13.8 Å². The summed E-state index contributed by atoms with van der Waals surface area (Å²) in [5.74, 6) is 0.471. The molecule has 0 aliphatic heterocycles. The average molecular weight is 388 g/mol. The van der Waals surface area contributed by atoms with E-state index in [0.717, 1.165) is 27.6 Å². The van der Waals surface area contributed by atoms with E-state index < -0.39 is 0 Å². The third-order valence-electron chi connectivity index (χ3n) is 4.53. The van der Waals surface area contributed by atoms with Crippen LogP contribution >= 0.6 is 11.3 Å². The minimum atomic E-state index is -0.227. The van der Waals surface area contributed by atoms with E-state index in [1.165, 1.54) is 16.9 Å². The van der Waals surface area contributed by atoms with Crippen molar-refractivity contribution in [2.75, 3.05) is 11.9 Å². The third kappa shape index (κ3) is 3.89. The fourth-order valence-electron chi connectivity index (χ4n) is 3.09. The maximum atomic E-state index is 12.3. The van der Waals surface area contributed by atoms with Gasteiger partial charge in [0.25, 0.3) is 5.91 Å². The molecule has 0 spiro atoms. The van der Waals surface area contributed by atoms with Gasteiger partial charge in [-0.05, 0) is 36.9 Å². The van der Waals surface area contributed by atoms with Gasteiger partial charge in [0.2, 0.25) is 0 Å². The van der Waals surface area contributed by atoms with Crippen molar-refractivity contribution in [3.8, 4) is 17.0 Å². The minimum absolute atomic E-state index is 0.0631. The van der Waals surface area contributed by atoms with Crippen LogP contribution in [0.25, 0.3) is 22.0 Å². The van der Waals surface area contributed by atoms with Crippen LogP contribution in [-0.4, -0.2) is 17.5 Å². The molecule has 4 nitrogen and oxygen atoms in total. The Labute approximate surface area is 167 Å². The van der Waals surface area contributed by atoms with Gasteiger partial charge in [0.05, 0.1) is 5.69 Å². The third-order valence-corrected chi connectivity index (χ3v) is 5.29. The molecule has 1 N–H and O–H groups in total. The summed E-state index contributed by atoms with van der Waals surface area (Å²) in [6.07, 6.45) is 0. The molecule has 1 heterocycles. The smallest absolute Gasteiger partial charge is 0.264 e. The van der Waals surface area contributed by atoms with Crippen molar-refractivity contribution >= 4 is 33.1 Å². The number of hydrogen-bond acceptors (Lipinski definition) is 4. The molecule has 28 heavy (non-hydrogen) atoms. The zero-order valence-corrected chi connectivity index (χ0v) is 16.5. The van der Waals surface area contributed by atoms with Crippen molar-refractivity contribution < 1.29 is 9.53 Å². The summed E-state index contributed by atoms with van der Waals surface area (Å²) < 4.78 is 5.74. The fourth-order valence-corrected chi connectivity index (χ4v) is 3.81. The number of carbonyl (C=O) groups excluding carboxylic acids is 1. The summed E-state index contributed by atoms with van der Waals surface area (Å²) in [5.41, 5.74) is 4.30. The van der Waals surface area contributed by atoms with E-state index >= 15 is 0 Å². The Kier molecular flexibility index (Phi) is 5.08. The second-order valence-corrected chi connectivity index (χ2v) is 7.53. The van der Waals surface area contributed by atoms with Crippen molar-refractivity contribution in [3.63, 3.8) is 0 Å². The molecular formula is C23H20N2O2S. The first-order valence-corrected chi connectivity index (χ1v) is 9.92. The van der Waals surface area contributed by atoms with E-state index in [1.807, 2.05) is 47.8 Å². The van der Waals surface area contributed by atoms with E-state index in [-0.39, 0.29) is 12.5 Å². The summed E-state index contributed by atoms with van der Waals surface area (Å²) in [6.45, 7) is 4.05. The van der Waals surface area contributed by atoms with Gasteiger partial charge in [-0.3, -0.25) is 10.1 Å². The molecule has 4 rings (SSSR count). The van der Waals surface area contributed by atoms with Gasteiger partial charge in [0.1, 0.15) is 5.75 Å². The normalized spacial score (nSPS) is 10.8. The molecule has 3 aromatic carbocycles. The highest BCUT2D eigenvalue weighted by atomic mass is 32.1. The Morgan fingerprint density at radius 2 is 1.89 bits per heavy atom. The predicted molar refractivity (Wildman–Crippen MR) is 115 cm³/mol. The van der Waals surface area contributed by atoms with Crippen LogP contribution in [0.1, 0.15) is 11.1 Å². The number of nitrogens with zero attached hydrogens (tertiary/aromatic N) is 1. The van der Waals surface area contributed by atoms with Crippen molar-refractivity contribution in [1.29, 1.82) is 0 Å². The molecule has 1 aromatic heterocycles. The number of fused-ring (bicyclic) bond motifs is 1. The molecule has 5 heteroatoms. The molecule has 0 saturated carbocycles. The average Bonchev–Trinajstić information content (AvgIpc) is 3.16. The molecule has 140 valence electrons. The number of anilines is 1. The molecule has 0 atom stereocenters. The lowest BCUT2D eigenvalue weighted by Crippen LogP contribution is -2.20. The second kappa shape index (κ2) is 7.82. The molecular weight excluding hydrogens is 368 g/mol. The SMILES string of the molecule is Cc1ccc(C)c(-c2csc(NC(=O)COc3cccc4ccccc34)n2)c1. The first-order chi connectivity index (χ1) is 13.6. The van der Waals surface area contributed by atoms with Crippen LogP contribution in [0.5, 0.6) is 5.75 Å². The fraction of sp³-hybridized carbons (Fsp3) is 0.130. The molecule has 4 aromatic rings. The standard InChI is InChI=1S/C23H20N2O2S/c1-15-10-11-16(2)19(12-15)20-14-28-23(24-20)25-22(26)13-27-21-9-5-7-17-6-3-4-8-18(17)21/h3-12,14H,13H2,1-2H3,(H,24,25,26). The zero-order chi connectivity index (χ0) is 19.5. The number of aryl methyl sites for hydroxylation is 2. The topological polar surface area (TPSA) is 51.2 Å². The highest BCUT2D eigenvalue weighted by molar-refractivity contribution is 7.14. The summed E-state index contributed by atoms with van der Waals surface area (Å²) in [4.78, 5) is 16.9. The summed E-state index contributed by atoms with van der Waals surface area (Å²) >= 11 is 1.41. The Balaban J connectivity index is 1.43. The van der Waals surface area contributed by atoms with Crippen LogP contribution in [0.3, 0.4) is 0 Å². The van der Waals surface area contributed by atoms with Crippen molar-refractivity contribution in [2.24, 2.45) is 0 Å². The number of nitrogens with one attached hydrogen (secondary N) is 1. The van der Waals surface area contributed by atoms with Crippen molar-refractivity contribution in [3.05, 3.63) is 77.2 Å². The van der Waals surface area contributed by atoms with Gasteiger partial charge in [-0.2, -0.15) is 0 Å². The van der Waals surface area contributed by atoms with Gasteiger partial charge in [0, 0.05) is 16.3 Å². The second-order valence-electron chi connectivity index (χ2n) is 6.67. The van der Waals surface area contributed by atoms with Gasteiger partial charge >= 0.3 is 0 Å². The van der Waals surface area contributed by atoms with E-state index in [0.29, 0.717) is 10.9 Å². The van der Waals surface area contributed by atoms with Gasteiger partial charge in [-0.15, -0.1) is 11.3 Å². The Bertz CT molecular complexity index is 1150. The maximum Gasteiger partial charge on any atom is 0.264 e. The van der Waals surface area contributed by atoms with E-state index in [9.17, 15) is 4.79 Å². The number of amides is 1. The van der Waals surface area contributed by atoms with Crippen LogP contribution in [0, 0.1) is 13.8 Å². The van der Waals surface area contributed by atoms with Crippen LogP contribution in [0.15, 0.2) is 66.0 Å². The highest BCUT2D eigenvalue weighted by Gasteiger charge is 2.11. The minimum Gasteiger partial charge on any atom is -0.483 e. The number of ether oxygens (including phenoxy) is 1. The quantitative estimate of drug-likeness (QED) is 0.484. The summed E-state index contributed by atoms with van der Waals surface area (Å²) in [7, 11) is 0. The van der Waals surface area contributed by atoms with E-state index in [2.05, 4.69) is 42.3 Å². The van der Waals surface area contributed by atoms with Gasteiger partial charge in [-0.25, -0.2) is 4.98 Å². The van der Waals surface area contributed by atoms with Crippen LogP contribution in [0.2, 0.25) is 0 Å². The van der Waals surface area contributed by atoms with Crippen molar-refractivity contribution in [1.82, 2.24) is 4.98 Å². The van der Waals surface area contributed by atoms with Crippen LogP contribution in [-0.2, 0) is 4.79 Å². The molecule has 0 unspecified atom stereocenters. The monoisotopic (exact) mass is 388 g/mol. The lowest BCUT2D eigenvalue weighted by molar-refractivity contribution is -0.118. The summed E-state index contributed by atoms with van der Waals surface area (Å²) in [6, 6.07) is 20.0. The first kappa shape index (κ1) is 18.2. The molecule has 1 amide bonds. The maximum absolute atomic E-state index is 12.3. The molecule has 0 saturated heterocycles. The predicted octanol–water partition coefficient (Wildman–Crippen LogP) is 5.60. The lowest BCUT2D eigenvalue weighted by Gasteiger charge is -2.09. The molecule has 0 radical (unpaired) electrons. The van der Waals surface area contributed by atoms with E-state index in [1.54, 1.807) is 0 Å². The van der Waals surface area contributed by atoms with Gasteiger partial charge < -0.3 is 4.74 Å². The molecule has 0 aliphatic carbocycles. The molecule has 0 aliphatic rings. The Morgan fingerprint density at radius 3 is 2.79 bits per heavy atom. The Hall–Kier alpha value is -3.18. The lowest BCUT2D eigenvalue weighted by atomic mass is 10.0. The van der Waals surface area contributed by atoms with Gasteiger partial charge in [0.15, 0.2) is 11.7 Å². The number of hydrogen-bond donors (Lipinski definition) is 1. The van der Waals surface area contributed by atoms with Crippen LogP contribution < -0.4 is 10.1 Å². The Morgan fingerprint density at radius 1 is 1.07 bits per heavy atom. The largest absolute Gasteiger partial charge is 0.483 e. The number of benzene rings is 3. The molecule has 0 bridgehead atoms. The highest BCUT2D eigenvalue weighted by Crippen LogP contribution is 2.28. The van der Waals surface area contributed by atoms with Gasteiger partial charge in [-0.1, -0.05) is 54.1 Å². The first-order valence-electron chi connectivity index (χ1n) is 9.04.